The maximum absolute atomic E-state index is 5.49. The van der Waals surface area contributed by atoms with Gasteiger partial charge < -0.3 is 10.3 Å². The zero-order chi connectivity index (χ0) is 15.6. The van der Waals surface area contributed by atoms with Crippen LogP contribution in [0, 0.1) is 0 Å². The van der Waals surface area contributed by atoms with Gasteiger partial charge in [0.1, 0.15) is 0 Å². The average molecular weight is 338 g/mol. The Morgan fingerprint density at radius 3 is 2.39 bits per heavy atom. The predicted octanol–water partition coefficient (Wildman–Crippen LogP) is 4.56. The van der Waals surface area contributed by atoms with E-state index in [4.69, 9.17) is 10.3 Å². The van der Waals surface area contributed by atoms with Crippen LogP contribution in [0.2, 0.25) is 0 Å². The second-order valence-electron chi connectivity index (χ2n) is 5.77. The van der Waals surface area contributed by atoms with Crippen molar-refractivity contribution in [1.82, 2.24) is 10.1 Å². The summed E-state index contributed by atoms with van der Waals surface area (Å²) in [6.45, 7) is 2.89. The van der Waals surface area contributed by atoms with Gasteiger partial charge in [-0.25, -0.2) is 0 Å². The van der Waals surface area contributed by atoms with Gasteiger partial charge in [0.25, 0.3) is 0 Å². The summed E-state index contributed by atoms with van der Waals surface area (Å²) in [5.74, 6) is 1.34. The minimum atomic E-state index is 0. The van der Waals surface area contributed by atoms with E-state index in [2.05, 4.69) is 41.3 Å². The maximum Gasteiger partial charge on any atom is 0.227 e. The van der Waals surface area contributed by atoms with Crippen LogP contribution in [0.15, 0.2) is 28.8 Å². The first-order valence-electron chi connectivity index (χ1n) is 8.45. The van der Waals surface area contributed by atoms with Crippen molar-refractivity contribution in [1.29, 1.82) is 0 Å². The number of halogens is 1. The number of nitrogens with zero attached hydrogens (tertiary/aromatic N) is 2. The number of rotatable bonds is 10. The molecule has 0 fully saturated rings. The lowest BCUT2D eigenvalue weighted by Gasteiger charge is -2.02. The summed E-state index contributed by atoms with van der Waals surface area (Å²) in [5, 5.41) is 4.04. The zero-order valence-corrected chi connectivity index (χ0v) is 14.8. The van der Waals surface area contributed by atoms with E-state index >= 15 is 0 Å². The Hall–Kier alpha value is -1.39. The van der Waals surface area contributed by atoms with Gasteiger partial charge in [0.05, 0.1) is 0 Å². The van der Waals surface area contributed by atoms with E-state index in [1.807, 2.05) is 0 Å². The van der Waals surface area contributed by atoms with Crippen LogP contribution in [0.4, 0.5) is 0 Å². The number of hydrogen-bond acceptors (Lipinski definition) is 4. The van der Waals surface area contributed by atoms with E-state index in [0.29, 0.717) is 18.3 Å². The summed E-state index contributed by atoms with van der Waals surface area (Å²) in [5.41, 5.74) is 7.88. The van der Waals surface area contributed by atoms with Crippen LogP contribution < -0.4 is 5.73 Å². The molecule has 2 aromatic rings. The molecule has 0 saturated heterocycles. The molecule has 0 aliphatic carbocycles. The van der Waals surface area contributed by atoms with E-state index in [-0.39, 0.29) is 12.4 Å². The molecule has 0 radical (unpaired) electrons. The average Bonchev–Trinajstić information content (AvgIpc) is 3.02. The molecule has 0 spiro atoms. The molecule has 0 unspecified atom stereocenters. The van der Waals surface area contributed by atoms with Crippen molar-refractivity contribution in [3.05, 3.63) is 35.7 Å². The third kappa shape index (κ3) is 6.71. The first-order chi connectivity index (χ1) is 10.8. The minimum Gasteiger partial charge on any atom is -0.339 e. The fourth-order valence-corrected chi connectivity index (χ4v) is 2.48. The summed E-state index contributed by atoms with van der Waals surface area (Å²) >= 11 is 0. The molecule has 0 bridgehead atoms. The van der Waals surface area contributed by atoms with Crippen molar-refractivity contribution in [2.24, 2.45) is 5.73 Å². The number of unbranched alkanes of at least 4 members (excludes halogenated alkanes) is 4. The van der Waals surface area contributed by atoms with Crippen molar-refractivity contribution in [2.75, 3.05) is 6.54 Å². The van der Waals surface area contributed by atoms with Crippen molar-refractivity contribution >= 4 is 12.4 Å². The first-order valence-corrected chi connectivity index (χ1v) is 8.45. The quantitative estimate of drug-likeness (QED) is 0.645. The second-order valence-corrected chi connectivity index (χ2v) is 5.77. The molecule has 0 aliphatic rings. The third-order valence-corrected chi connectivity index (χ3v) is 3.84. The fraction of sp³-hybridized carbons (Fsp3) is 0.556. The molecule has 5 heteroatoms. The van der Waals surface area contributed by atoms with Gasteiger partial charge in [-0.3, -0.25) is 0 Å². The molecule has 0 atom stereocenters. The molecule has 0 saturated carbocycles. The van der Waals surface area contributed by atoms with E-state index in [1.165, 1.54) is 37.7 Å². The molecule has 1 aromatic heterocycles. The van der Waals surface area contributed by atoms with Gasteiger partial charge in [0.15, 0.2) is 0 Å². The van der Waals surface area contributed by atoms with Crippen LogP contribution in [-0.4, -0.2) is 16.7 Å². The summed E-state index contributed by atoms with van der Waals surface area (Å²) in [6.07, 6.45) is 9.37. The lowest BCUT2D eigenvalue weighted by atomic mass is 10.0. The normalized spacial score (nSPS) is 10.5. The largest absolute Gasteiger partial charge is 0.339 e. The Kier molecular flexibility index (Phi) is 9.57. The Balaban J connectivity index is 0.00000264. The molecule has 23 heavy (non-hydrogen) atoms. The van der Waals surface area contributed by atoms with Gasteiger partial charge in [0, 0.05) is 12.0 Å². The molecule has 4 nitrogen and oxygen atoms in total. The lowest BCUT2D eigenvalue weighted by Crippen LogP contribution is -2.00. The fourth-order valence-electron chi connectivity index (χ4n) is 2.48. The molecule has 128 valence electrons. The van der Waals surface area contributed by atoms with Crippen LogP contribution in [-0.2, 0) is 12.8 Å². The smallest absolute Gasteiger partial charge is 0.227 e. The van der Waals surface area contributed by atoms with Crippen molar-refractivity contribution < 1.29 is 4.52 Å². The number of benzene rings is 1. The van der Waals surface area contributed by atoms with E-state index in [1.54, 1.807) is 0 Å². The summed E-state index contributed by atoms with van der Waals surface area (Å²) < 4.78 is 5.24. The molecule has 2 rings (SSSR count). The highest BCUT2D eigenvalue weighted by molar-refractivity contribution is 5.85. The van der Waals surface area contributed by atoms with E-state index in [0.717, 1.165) is 24.8 Å². The van der Waals surface area contributed by atoms with Crippen LogP contribution >= 0.6 is 12.4 Å². The van der Waals surface area contributed by atoms with Gasteiger partial charge >= 0.3 is 0 Å². The number of aromatic nitrogens is 2. The summed E-state index contributed by atoms with van der Waals surface area (Å²) in [7, 11) is 0. The number of hydrogen-bond donors (Lipinski definition) is 1. The Bertz CT molecular complexity index is 539. The highest BCUT2D eigenvalue weighted by atomic mass is 35.5. The Morgan fingerprint density at radius 2 is 1.70 bits per heavy atom. The standard InChI is InChI=1S/C18H27N3O.ClH/c1-2-3-4-5-6-8-15-10-12-16(13-11-15)18-20-17(22-21-18)9-7-14-19;/h10-13H,2-9,14,19H2,1H3;1H. The third-order valence-electron chi connectivity index (χ3n) is 3.84. The highest BCUT2D eigenvalue weighted by Gasteiger charge is 2.08. The van der Waals surface area contributed by atoms with Crippen LogP contribution in [0.25, 0.3) is 11.4 Å². The molecule has 0 aliphatic heterocycles. The van der Waals surface area contributed by atoms with E-state index < -0.39 is 0 Å². The van der Waals surface area contributed by atoms with Gasteiger partial charge in [0.2, 0.25) is 11.7 Å². The Morgan fingerprint density at radius 1 is 0.957 bits per heavy atom. The maximum atomic E-state index is 5.49. The van der Waals surface area contributed by atoms with Crippen molar-refractivity contribution in [3.63, 3.8) is 0 Å². The van der Waals surface area contributed by atoms with Gasteiger partial charge in [-0.2, -0.15) is 4.98 Å². The Labute approximate surface area is 145 Å². The molecule has 0 amide bonds. The summed E-state index contributed by atoms with van der Waals surface area (Å²) in [6, 6.07) is 8.51. The number of aryl methyl sites for hydroxylation is 2. The first kappa shape index (κ1) is 19.7. The van der Waals surface area contributed by atoms with Gasteiger partial charge in [-0.05, 0) is 31.4 Å². The van der Waals surface area contributed by atoms with E-state index in [9.17, 15) is 0 Å². The molecular formula is C18H28ClN3O. The molecule has 1 aromatic carbocycles. The molecule has 1 heterocycles. The number of nitrogens with two attached hydrogens (primary N) is 1. The molecular weight excluding hydrogens is 310 g/mol. The monoisotopic (exact) mass is 337 g/mol. The topological polar surface area (TPSA) is 64.9 Å². The van der Waals surface area contributed by atoms with Crippen LogP contribution in [0.5, 0.6) is 0 Å². The predicted molar refractivity (Wildman–Crippen MR) is 96.8 cm³/mol. The van der Waals surface area contributed by atoms with Crippen LogP contribution in [0.3, 0.4) is 0 Å². The second kappa shape index (κ2) is 11.2. The van der Waals surface area contributed by atoms with Gasteiger partial charge in [-0.1, -0.05) is 62.0 Å². The lowest BCUT2D eigenvalue weighted by molar-refractivity contribution is 0.376. The van der Waals surface area contributed by atoms with Crippen molar-refractivity contribution in [2.45, 2.75) is 58.3 Å². The summed E-state index contributed by atoms with van der Waals surface area (Å²) in [4.78, 5) is 4.41. The SMILES string of the molecule is CCCCCCCc1ccc(-c2noc(CCCN)n2)cc1.Cl. The molecule has 2 N–H and O–H groups in total. The van der Waals surface area contributed by atoms with Gasteiger partial charge in [-0.15, -0.1) is 12.4 Å². The van der Waals surface area contributed by atoms with Crippen LogP contribution in [0.1, 0.15) is 56.9 Å². The zero-order valence-electron chi connectivity index (χ0n) is 14.0. The van der Waals surface area contributed by atoms with Crippen molar-refractivity contribution in [3.8, 4) is 11.4 Å². The minimum absolute atomic E-state index is 0. The highest BCUT2D eigenvalue weighted by Crippen LogP contribution is 2.18.